The molecular weight excluding hydrogens is 422 g/mol. The molecule has 1 rings (SSSR count). The zero-order chi connectivity index (χ0) is 24.1. The molecule has 1 aromatic carbocycles. The number of ether oxygens (including phenoxy) is 2. The number of hydrogen-bond donors (Lipinski definition) is 3. The molecule has 0 heterocycles. The number of amides is 3. The zero-order valence-electron chi connectivity index (χ0n) is 18.1. The fraction of sp³-hybridized carbons (Fsp3) is 0.381. The maximum absolute atomic E-state index is 12.6. The minimum absolute atomic E-state index is 0.0125. The van der Waals surface area contributed by atoms with Gasteiger partial charge in [0.2, 0.25) is 0 Å². The molecule has 0 aromatic heterocycles. The van der Waals surface area contributed by atoms with E-state index < -0.39 is 48.4 Å². The second-order valence-corrected chi connectivity index (χ2v) is 6.81. The number of carboxylic acid groups (broad SMARTS) is 1. The number of nitrogens with one attached hydrogen (secondary N) is 2. The molecule has 0 radical (unpaired) electrons. The highest BCUT2D eigenvalue weighted by atomic mass is 16.5. The molecule has 0 aliphatic heterocycles. The Kier molecular flexibility index (Phi) is 11.0. The van der Waals surface area contributed by atoms with Gasteiger partial charge in [0.25, 0.3) is 11.8 Å². The number of hydrogen-bond acceptors (Lipinski definition) is 7. The van der Waals surface area contributed by atoms with Crippen LogP contribution in [-0.2, 0) is 35.3 Å². The molecule has 0 fully saturated rings. The normalized spacial score (nSPS) is 11.5. The van der Waals surface area contributed by atoms with Crippen LogP contribution < -0.4 is 10.7 Å². The third-order valence-electron chi connectivity index (χ3n) is 3.89. The molecule has 11 nitrogen and oxygen atoms in total. The van der Waals surface area contributed by atoms with Gasteiger partial charge in [-0.3, -0.25) is 19.8 Å². The number of carbonyl (C=O) groups excluding carboxylic acids is 4. The molecule has 0 aliphatic rings. The number of carboxylic acids is 1. The summed E-state index contributed by atoms with van der Waals surface area (Å²) in [7, 11) is 0. The SMILES string of the molecule is CCOC(=O)/C=C/C(=O)N(CC(=O)O)NC(=O)C(NC(=O)OCc1ccccc1)C(C)C. The van der Waals surface area contributed by atoms with Gasteiger partial charge in [0.1, 0.15) is 19.2 Å². The molecule has 0 saturated carbocycles. The molecule has 0 bridgehead atoms. The van der Waals surface area contributed by atoms with Crippen LogP contribution in [-0.4, -0.2) is 59.2 Å². The second kappa shape index (κ2) is 13.4. The first-order valence-corrected chi connectivity index (χ1v) is 9.79. The van der Waals surface area contributed by atoms with Crippen LogP contribution in [0.1, 0.15) is 26.3 Å². The lowest BCUT2D eigenvalue weighted by molar-refractivity contribution is -0.148. The molecule has 1 atom stereocenters. The second-order valence-electron chi connectivity index (χ2n) is 6.81. The molecular formula is C21H27N3O8. The van der Waals surface area contributed by atoms with Crippen molar-refractivity contribution in [3.63, 3.8) is 0 Å². The van der Waals surface area contributed by atoms with Crippen molar-refractivity contribution in [3.8, 4) is 0 Å². The van der Waals surface area contributed by atoms with Gasteiger partial charge in [0.15, 0.2) is 0 Å². The first-order chi connectivity index (χ1) is 15.1. The number of alkyl carbamates (subject to hydrolysis) is 1. The summed E-state index contributed by atoms with van der Waals surface area (Å²) in [5, 5.41) is 11.9. The van der Waals surface area contributed by atoms with Crippen molar-refractivity contribution in [1.29, 1.82) is 0 Å². The summed E-state index contributed by atoms with van der Waals surface area (Å²) in [6, 6.07) is 7.78. The molecule has 3 amide bonds. The third-order valence-corrected chi connectivity index (χ3v) is 3.89. The minimum atomic E-state index is -1.40. The van der Waals surface area contributed by atoms with Crippen molar-refractivity contribution in [3.05, 3.63) is 48.0 Å². The third kappa shape index (κ3) is 9.74. The Balaban J connectivity index is 2.79. The molecule has 11 heteroatoms. The van der Waals surface area contributed by atoms with E-state index in [2.05, 4.69) is 15.5 Å². The average molecular weight is 449 g/mol. The van der Waals surface area contributed by atoms with E-state index in [4.69, 9.17) is 9.84 Å². The molecule has 0 saturated heterocycles. The van der Waals surface area contributed by atoms with Crippen molar-refractivity contribution in [2.75, 3.05) is 13.2 Å². The monoisotopic (exact) mass is 449 g/mol. The van der Waals surface area contributed by atoms with Gasteiger partial charge in [-0.25, -0.2) is 14.6 Å². The smallest absolute Gasteiger partial charge is 0.408 e. The molecule has 1 unspecified atom stereocenters. The van der Waals surface area contributed by atoms with E-state index in [0.29, 0.717) is 5.01 Å². The highest BCUT2D eigenvalue weighted by Gasteiger charge is 2.28. The average Bonchev–Trinajstić information content (AvgIpc) is 2.74. The van der Waals surface area contributed by atoms with Crippen molar-refractivity contribution < 1.29 is 38.6 Å². The van der Waals surface area contributed by atoms with Gasteiger partial charge in [-0.2, -0.15) is 0 Å². The Labute approximate surface area is 185 Å². The van der Waals surface area contributed by atoms with Crippen LogP contribution in [0.5, 0.6) is 0 Å². The maximum Gasteiger partial charge on any atom is 0.408 e. The summed E-state index contributed by atoms with van der Waals surface area (Å²) in [5.41, 5.74) is 2.90. The maximum atomic E-state index is 12.6. The minimum Gasteiger partial charge on any atom is -0.480 e. The van der Waals surface area contributed by atoms with E-state index in [1.54, 1.807) is 45.0 Å². The van der Waals surface area contributed by atoms with Crippen LogP contribution in [0, 0.1) is 5.92 Å². The van der Waals surface area contributed by atoms with E-state index >= 15 is 0 Å². The predicted octanol–water partition coefficient (Wildman–Crippen LogP) is 1.00. The lowest BCUT2D eigenvalue weighted by Crippen LogP contribution is -2.56. The van der Waals surface area contributed by atoms with Gasteiger partial charge in [-0.15, -0.1) is 0 Å². The van der Waals surface area contributed by atoms with Gasteiger partial charge in [0.05, 0.1) is 6.61 Å². The highest BCUT2D eigenvalue weighted by molar-refractivity contribution is 5.97. The van der Waals surface area contributed by atoms with Gasteiger partial charge < -0.3 is 19.9 Å². The summed E-state index contributed by atoms with van der Waals surface area (Å²) in [6.07, 6.45) is 0.722. The van der Waals surface area contributed by atoms with Crippen LogP contribution in [0.25, 0.3) is 0 Å². The number of hydrazine groups is 1. The first kappa shape index (κ1) is 26.1. The zero-order valence-corrected chi connectivity index (χ0v) is 18.1. The standard InChI is InChI=1S/C21H27N3O8/c1-4-31-18(28)11-10-16(25)24(12-17(26)27)23-20(29)19(14(2)3)22-21(30)32-13-15-8-6-5-7-9-15/h5-11,14,19H,4,12-13H2,1-3H3,(H,22,30)(H,23,29)(H,26,27)/b11-10+. The lowest BCUT2D eigenvalue weighted by Gasteiger charge is -2.26. The lowest BCUT2D eigenvalue weighted by atomic mass is 10.0. The molecule has 174 valence electrons. The summed E-state index contributed by atoms with van der Waals surface area (Å²) in [5.74, 6) is -4.43. The van der Waals surface area contributed by atoms with Crippen LogP contribution in [0.4, 0.5) is 4.79 Å². The summed E-state index contributed by atoms with van der Waals surface area (Å²) in [4.78, 5) is 59.4. The number of esters is 1. The summed E-state index contributed by atoms with van der Waals surface area (Å²) < 4.78 is 9.74. The van der Waals surface area contributed by atoms with Crippen molar-refractivity contribution in [1.82, 2.24) is 15.8 Å². The van der Waals surface area contributed by atoms with Crippen LogP contribution >= 0.6 is 0 Å². The van der Waals surface area contributed by atoms with Gasteiger partial charge in [0, 0.05) is 12.2 Å². The van der Waals surface area contributed by atoms with Crippen molar-refractivity contribution in [2.24, 2.45) is 5.92 Å². The predicted molar refractivity (Wildman–Crippen MR) is 112 cm³/mol. The summed E-state index contributed by atoms with van der Waals surface area (Å²) in [6.45, 7) is 4.07. The van der Waals surface area contributed by atoms with E-state index in [1.807, 2.05) is 6.07 Å². The molecule has 32 heavy (non-hydrogen) atoms. The van der Waals surface area contributed by atoms with Gasteiger partial charge >= 0.3 is 18.0 Å². The Bertz CT molecular complexity index is 839. The Hall–Kier alpha value is -3.89. The largest absolute Gasteiger partial charge is 0.480 e. The Morgan fingerprint density at radius 3 is 2.28 bits per heavy atom. The topological polar surface area (TPSA) is 151 Å². The van der Waals surface area contributed by atoms with E-state index in [0.717, 1.165) is 17.7 Å². The number of nitrogens with zero attached hydrogens (tertiary/aromatic N) is 1. The highest BCUT2D eigenvalue weighted by Crippen LogP contribution is 2.05. The van der Waals surface area contributed by atoms with Crippen LogP contribution in [0.15, 0.2) is 42.5 Å². The Morgan fingerprint density at radius 2 is 1.72 bits per heavy atom. The van der Waals surface area contributed by atoms with Gasteiger partial charge in [-0.1, -0.05) is 44.2 Å². The van der Waals surface area contributed by atoms with Crippen molar-refractivity contribution >= 4 is 29.8 Å². The van der Waals surface area contributed by atoms with Gasteiger partial charge in [-0.05, 0) is 18.4 Å². The molecule has 0 aliphatic carbocycles. The number of carbonyl (C=O) groups is 5. The molecule has 0 spiro atoms. The van der Waals surface area contributed by atoms with E-state index in [-0.39, 0.29) is 13.2 Å². The fourth-order valence-corrected chi connectivity index (χ4v) is 2.36. The van der Waals surface area contributed by atoms with Crippen LogP contribution in [0.3, 0.4) is 0 Å². The molecule has 3 N–H and O–H groups in total. The van der Waals surface area contributed by atoms with E-state index in [9.17, 15) is 24.0 Å². The van der Waals surface area contributed by atoms with Crippen LogP contribution in [0.2, 0.25) is 0 Å². The van der Waals surface area contributed by atoms with Crippen molar-refractivity contribution in [2.45, 2.75) is 33.4 Å². The number of rotatable bonds is 10. The number of benzene rings is 1. The fourth-order valence-electron chi connectivity index (χ4n) is 2.36. The summed E-state index contributed by atoms with van der Waals surface area (Å²) >= 11 is 0. The quantitative estimate of drug-likeness (QED) is 0.272. The number of aliphatic carboxylic acids is 1. The van der Waals surface area contributed by atoms with E-state index in [1.165, 1.54) is 0 Å². The Morgan fingerprint density at radius 1 is 1.06 bits per heavy atom. The molecule has 1 aromatic rings. The first-order valence-electron chi connectivity index (χ1n) is 9.79.